The molecule has 2 aromatic heterocycles. The Morgan fingerprint density at radius 2 is 1.73 bits per heavy atom. The van der Waals surface area contributed by atoms with Crippen LogP contribution < -0.4 is 5.32 Å². The molecule has 1 unspecified atom stereocenters. The Labute approximate surface area is 297 Å². The van der Waals surface area contributed by atoms with Gasteiger partial charge in [0.2, 0.25) is 0 Å². The number of nitrogens with one attached hydrogen (secondary N) is 1. The predicted molar refractivity (Wildman–Crippen MR) is 180 cm³/mol. The van der Waals surface area contributed by atoms with Crippen LogP contribution >= 0.6 is 0 Å². The number of amides is 1. The summed E-state index contributed by atoms with van der Waals surface area (Å²) in [5, 5.41) is 27.8. The zero-order valence-electron chi connectivity index (χ0n) is 28.1. The zero-order valence-corrected chi connectivity index (χ0v) is 28.1. The first-order valence-electron chi connectivity index (χ1n) is 17.2. The molecular weight excluding hydrogens is 676 g/mol. The van der Waals surface area contributed by atoms with Crippen LogP contribution in [0.25, 0.3) is 22.6 Å². The SMILES string of the molecule is CO[C@@H]1[C@@H](n2cc(-c3cccc(F)c3)nn2)[C@H]2OC(c3ccccc3)OC[C@H]2O[C@H]1C(=O)N[C@H]1CCC[C@@H](n2cnc(-c3cccc(F)c3)n2)[C@@H]1O. The molecule has 0 radical (unpaired) electrons. The molecule has 2 aliphatic heterocycles. The van der Waals surface area contributed by atoms with Crippen molar-refractivity contribution in [3.8, 4) is 22.6 Å². The van der Waals surface area contributed by atoms with Crippen molar-refractivity contribution < 1.29 is 37.6 Å². The van der Waals surface area contributed by atoms with E-state index < -0.39 is 72.5 Å². The van der Waals surface area contributed by atoms with Gasteiger partial charge in [-0.1, -0.05) is 59.8 Å². The first kappa shape index (κ1) is 34.2. The van der Waals surface area contributed by atoms with Gasteiger partial charge in [0.15, 0.2) is 18.2 Å². The summed E-state index contributed by atoms with van der Waals surface area (Å²) in [5.74, 6) is -0.974. The van der Waals surface area contributed by atoms with Crippen molar-refractivity contribution in [3.63, 3.8) is 0 Å². The van der Waals surface area contributed by atoms with Crippen LogP contribution in [0.4, 0.5) is 8.78 Å². The van der Waals surface area contributed by atoms with Crippen LogP contribution in [0.3, 0.4) is 0 Å². The summed E-state index contributed by atoms with van der Waals surface area (Å²) in [7, 11) is 1.48. The number of ether oxygens (including phenoxy) is 4. The first-order valence-corrected chi connectivity index (χ1v) is 17.2. The van der Waals surface area contributed by atoms with E-state index in [4.69, 9.17) is 18.9 Å². The fourth-order valence-electron chi connectivity index (χ4n) is 7.42. The molecule has 8 rings (SSSR count). The highest BCUT2D eigenvalue weighted by Gasteiger charge is 2.54. The second kappa shape index (κ2) is 14.6. The molecule has 9 atom stereocenters. The average molecular weight is 714 g/mol. The Balaban J connectivity index is 1.05. The molecule has 4 heterocycles. The molecule has 2 saturated heterocycles. The maximum atomic E-state index is 14.2. The van der Waals surface area contributed by atoms with Gasteiger partial charge in [-0.25, -0.2) is 23.1 Å². The number of halogens is 2. The molecule has 13 nitrogen and oxygen atoms in total. The number of carbonyl (C=O) groups is 1. The summed E-state index contributed by atoms with van der Waals surface area (Å²) in [4.78, 5) is 18.5. The van der Waals surface area contributed by atoms with Gasteiger partial charge in [0.05, 0.1) is 31.0 Å². The third-order valence-corrected chi connectivity index (χ3v) is 9.97. The van der Waals surface area contributed by atoms with Gasteiger partial charge in [-0.2, -0.15) is 5.10 Å². The van der Waals surface area contributed by atoms with Crippen LogP contribution in [0.2, 0.25) is 0 Å². The van der Waals surface area contributed by atoms with Gasteiger partial charge < -0.3 is 29.4 Å². The van der Waals surface area contributed by atoms with E-state index >= 15 is 0 Å². The van der Waals surface area contributed by atoms with Crippen LogP contribution in [0.15, 0.2) is 91.4 Å². The van der Waals surface area contributed by atoms with Gasteiger partial charge in [-0.15, -0.1) is 5.10 Å². The smallest absolute Gasteiger partial charge is 0.252 e. The number of rotatable bonds is 8. The highest BCUT2D eigenvalue weighted by molar-refractivity contribution is 5.82. The van der Waals surface area contributed by atoms with Crippen LogP contribution in [-0.2, 0) is 23.7 Å². The molecule has 3 aromatic carbocycles. The van der Waals surface area contributed by atoms with Crippen molar-refractivity contribution in [2.45, 2.75) is 74.2 Å². The van der Waals surface area contributed by atoms with E-state index in [0.717, 1.165) is 5.56 Å². The third-order valence-electron chi connectivity index (χ3n) is 9.97. The normalized spacial score (nSPS) is 29.0. The maximum absolute atomic E-state index is 14.2. The van der Waals surface area contributed by atoms with Gasteiger partial charge in [0.25, 0.3) is 5.91 Å². The van der Waals surface area contributed by atoms with E-state index in [2.05, 4.69) is 25.7 Å². The van der Waals surface area contributed by atoms with Gasteiger partial charge in [-0.05, 0) is 43.5 Å². The molecule has 0 bridgehead atoms. The Morgan fingerprint density at radius 1 is 0.962 bits per heavy atom. The molecule has 5 aromatic rings. The third kappa shape index (κ3) is 6.73. The summed E-state index contributed by atoms with van der Waals surface area (Å²) >= 11 is 0. The Hall–Kier alpha value is -4.93. The second-order valence-corrected chi connectivity index (χ2v) is 13.2. The van der Waals surface area contributed by atoms with Crippen molar-refractivity contribution >= 4 is 5.91 Å². The molecule has 0 spiro atoms. The lowest BCUT2D eigenvalue weighted by atomic mass is 9.87. The molecule has 2 N–H and O–H groups in total. The zero-order chi connectivity index (χ0) is 35.8. The number of aliphatic hydroxyl groups is 1. The maximum Gasteiger partial charge on any atom is 0.252 e. The summed E-state index contributed by atoms with van der Waals surface area (Å²) < 4.78 is 56.1. The number of fused-ring (bicyclic) bond motifs is 1. The molecule has 1 aliphatic carbocycles. The lowest BCUT2D eigenvalue weighted by molar-refractivity contribution is -0.314. The molecule has 1 amide bonds. The second-order valence-electron chi connectivity index (χ2n) is 13.2. The van der Waals surface area contributed by atoms with E-state index in [9.17, 15) is 18.7 Å². The average Bonchev–Trinajstić information content (AvgIpc) is 3.86. The van der Waals surface area contributed by atoms with Crippen LogP contribution in [0.5, 0.6) is 0 Å². The lowest BCUT2D eigenvalue weighted by Crippen LogP contribution is -2.64. The molecule has 3 fully saturated rings. The summed E-state index contributed by atoms with van der Waals surface area (Å²) in [6.45, 7) is 0.112. The molecule has 3 aliphatic rings. The minimum Gasteiger partial charge on any atom is -0.389 e. The highest BCUT2D eigenvalue weighted by Crippen LogP contribution is 2.41. The summed E-state index contributed by atoms with van der Waals surface area (Å²) in [6.07, 6.45) is -0.188. The monoisotopic (exact) mass is 713 g/mol. The molecule has 52 heavy (non-hydrogen) atoms. The molecule has 270 valence electrons. The number of hydrogen-bond donors (Lipinski definition) is 2. The number of methoxy groups -OCH3 is 1. The van der Waals surface area contributed by atoms with E-state index in [1.54, 1.807) is 39.8 Å². The van der Waals surface area contributed by atoms with Gasteiger partial charge in [-0.3, -0.25) is 4.79 Å². The Bertz CT molecular complexity index is 2010. The van der Waals surface area contributed by atoms with Crippen LogP contribution in [0, 0.1) is 11.6 Å². The van der Waals surface area contributed by atoms with E-state index in [-0.39, 0.29) is 6.61 Å². The Morgan fingerprint density at radius 3 is 2.50 bits per heavy atom. The van der Waals surface area contributed by atoms with Gasteiger partial charge in [0.1, 0.15) is 48.0 Å². The Kier molecular flexibility index (Phi) is 9.59. The largest absolute Gasteiger partial charge is 0.389 e. The number of carbonyl (C=O) groups excluding carboxylic acids is 1. The van der Waals surface area contributed by atoms with Crippen LogP contribution in [0.1, 0.15) is 43.2 Å². The fourth-order valence-corrected chi connectivity index (χ4v) is 7.42. The minimum absolute atomic E-state index is 0.112. The van der Waals surface area contributed by atoms with Crippen molar-refractivity contribution in [2.24, 2.45) is 0 Å². The molecule has 15 heteroatoms. The quantitative estimate of drug-likeness (QED) is 0.240. The van der Waals surface area contributed by atoms with E-state index in [1.807, 2.05) is 30.3 Å². The van der Waals surface area contributed by atoms with E-state index in [0.29, 0.717) is 41.9 Å². The highest BCUT2D eigenvalue weighted by atomic mass is 19.1. The first-order chi connectivity index (χ1) is 25.4. The molecule has 1 saturated carbocycles. The topological polar surface area (TPSA) is 148 Å². The molecular formula is C37H37F2N7O6. The van der Waals surface area contributed by atoms with Crippen molar-refractivity contribution in [2.75, 3.05) is 13.7 Å². The van der Waals surface area contributed by atoms with Crippen LogP contribution in [-0.4, -0.2) is 91.1 Å². The number of nitrogens with zero attached hydrogens (tertiary/aromatic N) is 6. The number of hydrogen-bond acceptors (Lipinski definition) is 10. The minimum atomic E-state index is -1.16. The van der Waals surface area contributed by atoms with Gasteiger partial charge >= 0.3 is 0 Å². The number of aliphatic hydroxyl groups excluding tert-OH is 1. The standard InChI is InChI=1S/C37H37F2N7O6/c1-49-33-30(45-18-27(42-44-45)22-10-5-12-24(38)16-22)32-29(19-50-37(52-32)21-8-3-2-4-9-21)51-34(33)36(48)41-26-14-7-15-28(31(26)47)46-20-40-35(43-46)23-11-6-13-25(39)17-23/h2-6,8-13,16-18,20,26,28-34,37,47H,7,14-15,19H2,1H3,(H,41,48)/t26-,28+,29+,30-,31+,32-,33+,34+,37?/m0/s1. The summed E-state index contributed by atoms with van der Waals surface area (Å²) in [5.41, 5.74) is 2.28. The van der Waals surface area contributed by atoms with E-state index in [1.165, 1.54) is 37.7 Å². The number of benzene rings is 3. The summed E-state index contributed by atoms with van der Waals surface area (Å²) in [6, 6.07) is 19.7. The van der Waals surface area contributed by atoms with Gasteiger partial charge in [0, 0.05) is 23.8 Å². The van der Waals surface area contributed by atoms with Crippen molar-refractivity contribution in [3.05, 3.63) is 109 Å². The lowest BCUT2D eigenvalue weighted by Gasteiger charge is -2.48. The van der Waals surface area contributed by atoms with Crippen molar-refractivity contribution in [1.82, 2.24) is 35.1 Å². The number of aromatic nitrogens is 6. The fraction of sp³-hybridized carbons (Fsp3) is 0.378. The van der Waals surface area contributed by atoms with Crippen molar-refractivity contribution in [1.29, 1.82) is 0 Å². The predicted octanol–water partition coefficient (Wildman–Crippen LogP) is 4.19.